The first-order valence-corrected chi connectivity index (χ1v) is 9.82. The molecule has 0 saturated carbocycles. The van der Waals surface area contributed by atoms with Crippen LogP contribution in [0.25, 0.3) is 6.08 Å². The Bertz CT molecular complexity index is 997. The first kappa shape index (κ1) is 19.1. The summed E-state index contributed by atoms with van der Waals surface area (Å²) >= 11 is 0. The summed E-state index contributed by atoms with van der Waals surface area (Å²) in [5, 5.41) is 21.2. The molecule has 29 heavy (non-hydrogen) atoms. The van der Waals surface area contributed by atoms with Crippen molar-refractivity contribution in [3.05, 3.63) is 69.0 Å². The van der Waals surface area contributed by atoms with Crippen molar-refractivity contribution in [3.63, 3.8) is 0 Å². The molecule has 7 heteroatoms. The lowest BCUT2D eigenvalue weighted by Gasteiger charge is -2.30. The van der Waals surface area contributed by atoms with E-state index in [1.807, 2.05) is 0 Å². The van der Waals surface area contributed by atoms with Crippen LogP contribution in [0.3, 0.4) is 0 Å². The average Bonchev–Trinajstić information content (AvgIpc) is 3.02. The summed E-state index contributed by atoms with van der Waals surface area (Å²) in [6.45, 7) is 3.85. The fourth-order valence-corrected chi connectivity index (χ4v) is 4.05. The van der Waals surface area contributed by atoms with Gasteiger partial charge in [-0.2, -0.15) is 0 Å². The fraction of sp³-hybridized carbons (Fsp3) is 0.318. The molecule has 2 aliphatic rings. The smallest absolute Gasteiger partial charge is 0.269 e. The zero-order valence-electron chi connectivity index (χ0n) is 16.2. The van der Waals surface area contributed by atoms with Gasteiger partial charge in [0.15, 0.2) is 11.5 Å². The van der Waals surface area contributed by atoms with Crippen molar-refractivity contribution >= 4 is 17.5 Å². The predicted molar refractivity (Wildman–Crippen MR) is 107 cm³/mol. The number of rotatable bonds is 4. The monoisotopic (exact) mass is 395 g/mol. The van der Waals surface area contributed by atoms with Crippen molar-refractivity contribution < 1.29 is 24.5 Å². The number of nitrogens with one attached hydrogen (secondary N) is 1. The second-order valence-corrected chi connectivity index (χ2v) is 7.71. The van der Waals surface area contributed by atoms with Gasteiger partial charge in [-0.05, 0) is 62.1 Å². The van der Waals surface area contributed by atoms with E-state index in [2.05, 4.69) is 6.92 Å². The lowest BCUT2D eigenvalue weighted by atomic mass is 10.0. The molecule has 2 aliphatic heterocycles. The largest absolute Gasteiger partial charge is 0.507 e. The van der Waals surface area contributed by atoms with Gasteiger partial charge in [-0.15, -0.1) is 0 Å². The molecular weight excluding hydrogens is 372 g/mol. The van der Waals surface area contributed by atoms with Crippen molar-refractivity contribution in [2.75, 3.05) is 6.54 Å². The van der Waals surface area contributed by atoms with Crippen LogP contribution in [-0.2, 0) is 6.54 Å². The van der Waals surface area contributed by atoms with Gasteiger partial charge in [-0.1, -0.05) is 0 Å². The van der Waals surface area contributed by atoms with Crippen molar-refractivity contribution in [2.24, 2.45) is 0 Å². The van der Waals surface area contributed by atoms with Crippen LogP contribution in [0.15, 0.2) is 42.2 Å². The minimum atomic E-state index is -0.469. The molecule has 0 amide bonds. The molecular formula is C22H23N2O5+. The Kier molecular flexibility index (Phi) is 5.07. The third-order valence-electron chi connectivity index (χ3n) is 5.80. The van der Waals surface area contributed by atoms with Gasteiger partial charge in [0.1, 0.15) is 12.3 Å². The number of nitro benzene ring substituents is 1. The van der Waals surface area contributed by atoms with E-state index in [1.165, 1.54) is 23.5 Å². The Labute approximate surface area is 168 Å². The minimum absolute atomic E-state index is 0.0139. The first-order valence-electron chi connectivity index (χ1n) is 9.82. The van der Waals surface area contributed by atoms with E-state index in [9.17, 15) is 20.0 Å². The number of carbonyl (C=O) groups is 1. The molecule has 2 aromatic carbocycles. The van der Waals surface area contributed by atoms with Crippen molar-refractivity contribution in [1.82, 2.24) is 0 Å². The number of likely N-dealkylation sites (tertiary alicyclic amines) is 1. The third kappa shape index (κ3) is 3.73. The number of phenols is 1. The molecule has 2 N–H and O–H groups in total. The predicted octanol–water partition coefficient (Wildman–Crippen LogP) is 2.87. The van der Waals surface area contributed by atoms with Crippen molar-refractivity contribution in [3.8, 4) is 11.5 Å². The van der Waals surface area contributed by atoms with Gasteiger partial charge in [0.25, 0.3) is 5.69 Å². The molecule has 0 spiro atoms. The molecule has 2 heterocycles. The van der Waals surface area contributed by atoms with Gasteiger partial charge in [0.2, 0.25) is 5.78 Å². The average molecular weight is 395 g/mol. The van der Waals surface area contributed by atoms with Gasteiger partial charge < -0.3 is 14.7 Å². The van der Waals surface area contributed by atoms with E-state index >= 15 is 0 Å². The second kappa shape index (κ2) is 7.67. The number of quaternary nitrogens is 1. The number of phenolic OH excluding ortho intramolecular Hbond substituents is 1. The maximum absolute atomic E-state index is 12.8. The van der Waals surface area contributed by atoms with Crippen molar-refractivity contribution in [2.45, 2.75) is 38.8 Å². The third-order valence-corrected chi connectivity index (χ3v) is 5.80. The molecule has 7 nitrogen and oxygen atoms in total. The van der Waals surface area contributed by atoms with Crippen LogP contribution in [0.4, 0.5) is 5.69 Å². The number of allylic oxidation sites excluding steroid dienone is 1. The fourth-order valence-electron chi connectivity index (χ4n) is 4.05. The van der Waals surface area contributed by atoms with Crippen molar-refractivity contribution in [1.29, 1.82) is 0 Å². The van der Waals surface area contributed by atoms with E-state index in [0.717, 1.165) is 19.4 Å². The number of nitrogens with zero attached hydrogens (tertiary/aromatic N) is 1. The molecule has 2 aromatic rings. The second-order valence-electron chi connectivity index (χ2n) is 7.71. The maximum atomic E-state index is 12.8. The number of hydrogen-bond acceptors (Lipinski definition) is 5. The minimum Gasteiger partial charge on any atom is -0.507 e. The molecule has 2 atom stereocenters. The lowest BCUT2D eigenvalue weighted by Crippen LogP contribution is -3.14. The summed E-state index contributed by atoms with van der Waals surface area (Å²) in [5.74, 6) is 0.468. The molecule has 150 valence electrons. The number of nitro groups is 1. The Morgan fingerprint density at radius 1 is 1.24 bits per heavy atom. The summed E-state index contributed by atoms with van der Waals surface area (Å²) < 4.78 is 5.89. The van der Waals surface area contributed by atoms with Crippen LogP contribution in [0.5, 0.6) is 11.5 Å². The van der Waals surface area contributed by atoms with Gasteiger partial charge >= 0.3 is 0 Å². The number of hydrogen-bond donors (Lipinski definition) is 2. The number of non-ortho nitro benzene ring substituents is 1. The summed E-state index contributed by atoms with van der Waals surface area (Å²) in [6, 6.07) is 9.55. The van der Waals surface area contributed by atoms with Crippen LogP contribution in [-0.4, -0.2) is 28.4 Å². The van der Waals surface area contributed by atoms with E-state index in [1.54, 1.807) is 30.3 Å². The van der Waals surface area contributed by atoms with Crippen LogP contribution in [0, 0.1) is 10.1 Å². The Morgan fingerprint density at radius 3 is 2.69 bits per heavy atom. The highest BCUT2D eigenvalue weighted by Crippen LogP contribution is 2.39. The van der Waals surface area contributed by atoms with E-state index in [0.29, 0.717) is 35.0 Å². The SMILES string of the molecule is C[C@@H]1CCCC[NH+]1Cc1c(O)ccc2c1O/C(=C\c1ccc([N+](=O)[O-])cc1)C2=O. The maximum Gasteiger partial charge on any atom is 0.269 e. The number of ether oxygens (including phenoxy) is 1. The Hall–Kier alpha value is -3.19. The molecule has 1 saturated heterocycles. The number of piperidine rings is 1. The number of carbonyl (C=O) groups excluding carboxylic acids is 1. The zero-order chi connectivity index (χ0) is 20.5. The van der Waals surface area contributed by atoms with E-state index < -0.39 is 4.92 Å². The lowest BCUT2D eigenvalue weighted by molar-refractivity contribution is -0.941. The molecule has 0 radical (unpaired) electrons. The van der Waals surface area contributed by atoms with E-state index in [-0.39, 0.29) is 23.0 Å². The number of Topliss-reactive ketones (excluding diaryl/α,β-unsaturated/α-hetero) is 1. The number of benzene rings is 2. The molecule has 1 unspecified atom stereocenters. The zero-order valence-corrected chi connectivity index (χ0v) is 16.2. The van der Waals surface area contributed by atoms with Crippen LogP contribution in [0.2, 0.25) is 0 Å². The first-order chi connectivity index (χ1) is 13.9. The highest BCUT2D eigenvalue weighted by atomic mass is 16.6. The molecule has 0 aliphatic carbocycles. The highest BCUT2D eigenvalue weighted by molar-refractivity contribution is 6.15. The molecule has 1 fully saturated rings. The highest BCUT2D eigenvalue weighted by Gasteiger charge is 2.33. The molecule has 0 bridgehead atoms. The van der Waals surface area contributed by atoms with Gasteiger partial charge in [0, 0.05) is 12.1 Å². The molecule has 4 rings (SSSR count). The summed E-state index contributed by atoms with van der Waals surface area (Å²) in [6.07, 6.45) is 5.10. The quantitative estimate of drug-likeness (QED) is 0.472. The Balaban J connectivity index is 1.63. The van der Waals surface area contributed by atoms with E-state index in [4.69, 9.17) is 4.74 Å². The standard InChI is InChI=1S/C22H22N2O5/c1-14-4-2-3-11-23(14)13-18-19(25)10-9-17-21(26)20(29-22(17)18)12-15-5-7-16(8-6-15)24(27)28/h5-10,12,14,25H,2-4,11,13H2,1H3/p+1/b20-12-/t14-/m1/s1. The van der Waals surface area contributed by atoms with Gasteiger partial charge in [-0.3, -0.25) is 14.9 Å². The summed E-state index contributed by atoms with van der Waals surface area (Å²) in [7, 11) is 0. The summed E-state index contributed by atoms with van der Waals surface area (Å²) in [4.78, 5) is 24.5. The van der Waals surface area contributed by atoms with Gasteiger partial charge in [0.05, 0.1) is 28.6 Å². The van der Waals surface area contributed by atoms with Crippen LogP contribution >= 0.6 is 0 Å². The summed E-state index contributed by atoms with van der Waals surface area (Å²) in [5.41, 5.74) is 1.72. The van der Waals surface area contributed by atoms with Crippen LogP contribution in [0.1, 0.15) is 47.7 Å². The van der Waals surface area contributed by atoms with Crippen LogP contribution < -0.4 is 9.64 Å². The normalized spacial score (nSPS) is 22.4. The number of ketones is 1. The number of fused-ring (bicyclic) bond motifs is 1. The topological polar surface area (TPSA) is 94.1 Å². The number of aromatic hydroxyl groups is 1. The van der Waals surface area contributed by atoms with Gasteiger partial charge in [-0.25, -0.2) is 0 Å². The Morgan fingerprint density at radius 2 is 2.00 bits per heavy atom. The molecule has 0 aromatic heterocycles.